The highest BCUT2D eigenvalue weighted by molar-refractivity contribution is 6.51. The fourth-order valence-electron chi connectivity index (χ4n) is 4.13. The summed E-state index contributed by atoms with van der Waals surface area (Å²) in [6, 6.07) is 22.3. The number of Topliss-reactive ketones (excluding diaryl/α,β-unsaturated/α-hetero) is 1. The summed E-state index contributed by atoms with van der Waals surface area (Å²) in [6.45, 7) is 8.58. The van der Waals surface area contributed by atoms with E-state index in [4.69, 9.17) is 9.47 Å². The molecule has 3 aromatic rings. The van der Waals surface area contributed by atoms with Crippen LogP contribution >= 0.6 is 0 Å². The van der Waals surface area contributed by atoms with E-state index in [2.05, 4.69) is 13.8 Å². The van der Waals surface area contributed by atoms with Crippen LogP contribution in [0.4, 0.5) is 5.69 Å². The first-order valence-electron chi connectivity index (χ1n) is 12.1. The van der Waals surface area contributed by atoms with Crippen LogP contribution < -0.4 is 14.4 Å². The highest BCUT2D eigenvalue weighted by atomic mass is 16.5. The molecule has 4 rings (SSSR count). The summed E-state index contributed by atoms with van der Waals surface area (Å²) in [6.07, 6.45) is 0.0123. The number of para-hydroxylation sites is 1. The number of anilines is 1. The van der Waals surface area contributed by atoms with Gasteiger partial charge in [0.1, 0.15) is 17.3 Å². The van der Waals surface area contributed by atoms with Gasteiger partial charge in [-0.3, -0.25) is 14.5 Å². The molecule has 0 aromatic heterocycles. The van der Waals surface area contributed by atoms with Crippen molar-refractivity contribution in [3.63, 3.8) is 0 Å². The van der Waals surface area contributed by atoms with Gasteiger partial charge in [-0.15, -0.1) is 0 Å². The molecular weight excluding hydrogens is 454 g/mol. The molecule has 6 nitrogen and oxygen atoms in total. The van der Waals surface area contributed by atoms with Gasteiger partial charge in [0.2, 0.25) is 0 Å². The topological polar surface area (TPSA) is 76.1 Å². The zero-order chi connectivity index (χ0) is 25.8. The van der Waals surface area contributed by atoms with E-state index < -0.39 is 17.7 Å². The van der Waals surface area contributed by atoms with E-state index in [0.717, 1.165) is 0 Å². The standard InChI is InChI=1S/C30H31NO5/c1-19(2)18-35-24-14-12-22(13-15-24)28(32)26-27(21-10-16-25(17-11-21)36-20(3)4)31(30(34)29(26)33)23-8-6-5-7-9-23/h5-17,19-20,27,32H,18H2,1-4H3/b28-26-. The number of ether oxygens (including phenoxy) is 2. The largest absolute Gasteiger partial charge is 0.507 e. The summed E-state index contributed by atoms with van der Waals surface area (Å²) in [5.41, 5.74) is 1.73. The maximum absolute atomic E-state index is 13.3. The molecule has 0 aliphatic carbocycles. The maximum atomic E-state index is 13.3. The number of amides is 1. The van der Waals surface area contributed by atoms with Crippen molar-refractivity contribution in [3.8, 4) is 11.5 Å². The number of hydrogen-bond donors (Lipinski definition) is 1. The van der Waals surface area contributed by atoms with Crippen molar-refractivity contribution in [2.75, 3.05) is 11.5 Å². The van der Waals surface area contributed by atoms with Crippen molar-refractivity contribution in [1.29, 1.82) is 0 Å². The minimum atomic E-state index is -0.794. The van der Waals surface area contributed by atoms with Gasteiger partial charge in [-0.05, 0) is 73.9 Å². The van der Waals surface area contributed by atoms with E-state index >= 15 is 0 Å². The van der Waals surface area contributed by atoms with Crippen molar-refractivity contribution in [3.05, 3.63) is 95.6 Å². The number of benzene rings is 3. The number of carbonyl (C=O) groups excluding carboxylic acids is 2. The number of hydrogen-bond acceptors (Lipinski definition) is 5. The first kappa shape index (κ1) is 25.0. The average molecular weight is 486 g/mol. The van der Waals surface area contributed by atoms with E-state index in [-0.39, 0.29) is 17.4 Å². The lowest BCUT2D eigenvalue weighted by molar-refractivity contribution is -0.132. The summed E-state index contributed by atoms with van der Waals surface area (Å²) in [5, 5.41) is 11.3. The SMILES string of the molecule is CC(C)COc1ccc(/C(O)=C2/C(=O)C(=O)N(c3ccccc3)C2c2ccc(OC(C)C)cc2)cc1. The molecule has 0 saturated carbocycles. The Morgan fingerprint density at radius 2 is 1.47 bits per heavy atom. The van der Waals surface area contributed by atoms with Crippen LogP contribution in [0.2, 0.25) is 0 Å². The molecule has 1 N–H and O–H groups in total. The monoisotopic (exact) mass is 485 g/mol. The van der Waals surface area contributed by atoms with Crippen molar-refractivity contribution < 1.29 is 24.2 Å². The molecule has 1 amide bonds. The van der Waals surface area contributed by atoms with E-state index in [1.807, 2.05) is 32.0 Å². The Balaban J connectivity index is 1.78. The Morgan fingerprint density at radius 3 is 2.06 bits per heavy atom. The Labute approximate surface area is 211 Å². The Bertz CT molecular complexity index is 1240. The summed E-state index contributed by atoms with van der Waals surface area (Å²) >= 11 is 0. The molecule has 1 atom stereocenters. The molecule has 0 bridgehead atoms. The third-order valence-electron chi connectivity index (χ3n) is 5.76. The van der Waals surface area contributed by atoms with Gasteiger partial charge in [-0.1, -0.05) is 44.2 Å². The van der Waals surface area contributed by atoms with Gasteiger partial charge in [-0.25, -0.2) is 0 Å². The zero-order valence-electron chi connectivity index (χ0n) is 21.0. The number of aliphatic hydroxyl groups excluding tert-OH is 1. The van der Waals surface area contributed by atoms with Crippen molar-refractivity contribution in [2.24, 2.45) is 5.92 Å². The second-order valence-corrected chi connectivity index (χ2v) is 9.47. The van der Waals surface area contributed by atoms with Crippen molar-refractivity contribution in [1.82, 2.24) is 0 Å². The number of ketones is 1. The lowest BCUT2D eigenvalue weighted by atomic mass is 9.95. The van der Waals surface area contributed by atoms with Crippen LogP contribution in [-0.4, -0.2) is 29.5 Å². The van der Waals surface area contributed by atoms with E-state index in [9.17, 15) is 14.7 Å². The molecule has 3 aromatic carbocycles. The number of carbonyl (C=O) groups is 2. The normalized spacial score (nSPS) is 17.2. The number of aliphatic hydroxyl groups is 1. The number of rotatable bonds is 8. The molecule has 6 heteroatoms. The maximum Gasteiger partial charge on any atom is 0.300 e. The third kappa shape index (κ3) is 5.28. The van der Waals surface area contributed by atoms with E-state index in [1.165, 1.54) is 4.90 Å². The first-order valence-corrected chi connectivity index (χ1v) is 12.1. The minimum Gasteiger partial charge on any atom is -0.507 e. The Kier molecular flexibility index (Phi) is 7.44. The van der Waals surface area contributed by atoms with Crippen LogP contribution in [0.5, 0.6) is 11.5 Å². The smallest absolute Gasteiger partial charge is 0.300 e. The second-order valence-electron chi connectivity index (χ2n) is 9.47. The van der Waals surface area contributed by atoms with Gasteiger partial charge in [0.15, 0.2) is 0 Å². The molecule has 1 unspecified atom stereocenters. The van der Waals surface area contributed by atoms with Gasteiger partial charge in [0.05, 0.1) is 24.3 Å². The van der Waals surface area contributed by atoms with Gasteiger partial charge in [-0.2, -0.15) is 0 Å². The molecule has 36 heavy (non-hydrogen) atoms. The highest BCUT2D eigenvalue weighted by Gasteiger charge is 2.46. The summed E-state index contributed by atoms with van der Waals surface area (Å²) in [7, 11) is 0. The zero-order valence-corrected chi connectivity index (χ0v) is 21.0. The molecule has 1 aliphatic rings. The molecule has 186 valence electrons. The number of nitrogens with zero attached hydrogens (tertiary/aromatic N) is 1. The van der Waals surface area contributed by atoms with Crippen LogP contribution in [-0.2, 0) is 9.59 Å². The van der Waals surface area contributed by atoms with Crippen molar-refractivity contribution in [2.45, 2.75) is 39.8 Å². The molecule has 1 heterocycles. The van der Waals surface area contributed by atoms with Crippen LogP contribution in [0.15, 0.2) is 84.4 Å². The molecular formula is C30H31NO5. The molecule has 0 radical (unpaired) electrons. The summed E-state index contributed by atoms with van der Waals surface area (Å²) in [5.74, 6) is 0.0832. The highest BCUT2D eigenvalue weighted by Crippen LogP contribution is 2.42. The molecule has 1 aliphatic heterocycles. The molecule has 0 spiro atoms. The van der Waals surface area contributed by atoms with Crippen LogP contribution in [0.25, 0.3) is 5.76 Å². The predicted molar refractivity (Wildman–Crippen MR) is 140 cm³/mol. The molecule has 1 saturated heterocycles. The Hall–Kier alpha value is -4.06. The fourth-order valence-corrected chi connectivity index (χ4v) is 4.13. The average Bonchev–Trinajstić information content (AvgIpc) is 3.13. The fraction of sp³-hybridized carbons (Fsp3) is 0.267. The Morgan fingerprint density at radius 1 is 0.861 bits per heavy atom. The quantitative estimate of drug-likeness (QED) is 0.236. The van der Waals surface area contributed by atoms with E-state index in [1.54, 1.807) is 60.7 Å². The van der Waals surface area contributed by atoms with Crippen LogP contribution in [0.1, 0.15) is 44.9 Å². The lowest BCUT2D eigenvalue weighted by Gasteiger charge is -2.25. The summed E-state index contributed by atoms with van der Waals surface area (Å²) in [4.78, 5) is 28.0. The van der Waals surface area contributed by atoms with Crippen LogP contribution in [0, 0.1) is 5.92 Å². The summed E-state index contributed by atoms with van der Waals surface area (Å²) < 4.78 is 11.5. The first-order chi connectivity index (χ1) is 17.3. The van der Waals surface area contributed by atoms with Gasteiger partial charge >= 0.3 is 0 Å². The van der Waals surface area contributed by atoms with E-state index in [0.29, 0.717) is 40.8 Å². The molecule has 1 fully saturated rings. The lowest BCUT2D eigenvalue weighted by Crippen LogP contribution is -2.29. The minimum absolute atomic E-state index is 0.0123. The van der Waals surface area contributed by atoms with Gasteiger partial charge < -0.3 is 14.6 Å². The van der Waals surface area contributed by atoms with Crippen molar-refractivity contribution >= 4 is 23.1 Å². The predicted octanol–water partition coefficient (Wildman–Crippen LogP) is 6.13. The van der Waals surface area contributed by atoms with Crippen LogP contribution in [0.3, 0.4) is 0 Å². The van der Waals surface area contributed by atoms with Gasteiger partial charge in [0, 0.05) is 11.3 Å². The van der Waals surface area contributed by atoms with Gasteiger partial charge in [0.25, 0.3) is 11.7 Å². The second kappa shape index (κ2) is 10.7. The third-order valence-corrected chi connectivity index (χ3v) is 5.76.